The van der Waals surface area contributed by atoms with Gasteiger partial charge < -0.3 is 28.6 Å². The van der Waals surface area contributed by atoms with Gasteiger partial charge in [0, 0.05) is 25.6 Å². The molecule has 9 heteroatoms. The van der Waals surface area contributed by atoms with E-state index >= 15 is 0 Å². The minimum atomic E-state index is -0.716. The number of hydrogen-bond acceptors (Lipinski definition) is 8. The first-order chi connectivity index (χ1) is 14.0. The molecule has 29 heavy (non-hydrogen) atoms. The summed E-state index contributed by atoms with van der Waals surface area (Å²) < 4.78 is 21.0. The molecule has 1 fully saturated rings. The predicted octanol–water partition coefficient (Wildman–Crippen LogP) is 1.05. The molecular formula is C20H23NO8. The van der Waals surface area contributed by atoms with E-state index < -0.39 is 11.4 Å². The maximum atomic E-state index is 12.6. The summed E-state index contributed by atoms with van der Waals surface area (Å²) in [6, 6.07) is 1.49. The number of phenolic OH excluding ortho intramolecular Hbond substituents is 1. The number of carbonyl (C=O) groups excluding carboxylic acids is 2. The van der Waals surface area contributed by atoms with Gasteiger partial charge in [0.1, 0.15) is 12.2 Å². The average molecular weight is 405 g/mol. The number of carbonyl (C=O) groups is 2. The maximum absolute atomic E-state index is 12.6. The molecule has 0 radical (unpaired) electrons. The molecule has 0 bridgehead atoms. The number of amides is 1. The van der Waals surface area contributed by atoms with Crippen molar-refractivity contribution >= 4 is 23.2 Å². The molecule has 2 aromatic rings. The van der Waals surface area contributed by atoms with E-state index in [1.54, 1.807) is 11.8 Å². The Labute approximate surface area is 166 Å². The van der Waals surface area contributed by atoms with Gasteiger partial charge in [-0.2, -0.15) is 0 Å². The molecule has 9 nitrogen and oxygen atoms in total. The van der Waals surface area contributed by atoms with Gasteiger partial charge in [-0.15, -0.1) is 0 Å². The molecule has 156 valence electrons. The lowest BCUT2D eigenvalue weighted by Gasteiger charge is -2.27. The van der Waals surface area contributed by atoms with E-state index in [2.05, 4.69) is 0 Å². The Bertz CT molecular complexity index is 975. The molecule has 0 saturated carbocycles. The Morgan fingerprint density at radius 2 is 2.03 bits per heavy atom. The van der Waals surface area contributed by atoms with Gasteiger partial charge in [-0.1, -0.05) is 0 Å². The fourth-order valence-corrected chi connectivity index (χ4v) is 3.24. The lowest BCUT2D eigenvalue weighted by molar-refractivity contribution is -0.134. The summed E-state index contributed by atoms with van der Waals surface area (Å²) in [6.45, 7) is 3.98. The Balaban J connectivity index is 2.03. The summed E-state index contributed by atoms with van der Waals surface area (Å²) in [7, 11) is 1.51. The van der Waals surface area contributed by atoms with Gasteiger partial charge in [0.15, 0.2) is 23.4 Å². The number of ether oxygens (including phenoxy) is 3. The number of benzene rings is 1. The topological polar surface area (TPSA) is 116 Å². The van der Waals surface area contributed by atoms with Crippen LogP contribution in [-0.2, 0) is 20.7 Å². The number of hydrogen-bond donors (Lipinski definition) is 1. The first-order valence-electron chi connectivity index (χ1n) is 9.22. The minimum Gasteiger partial charge on any atom is -0.504 e. The molecule has 0 spiro atoms. The van der Waals surface area contributed by atoms with Gasteiger partial charge in [-0.05, 0) is 18.6 Å². The highest BCUT2D eigenvalue weighted by Crippen LogP contribution is 2.37. The van der Waals surface area contributed by atoms with E-state index in [1.807, 2.05) is 0 Å². The van der Waals surface area contributed by atoms with Crippen LogP contribution in [0.2, 0.25) is 0 Å². The molecule has 1 N–H and O–H groups in total. The summed E-state index contributed by atoms with van der Waals surface area (Å²) in [5.41, 5.74) is -0.230. The van der Waals surface area contributed by atoms with Crippen molar-refractivity contribution in [2.45, 2.75) is 13.3 Å². The van der Waals surface area contributed by atoms with Gasteiger partial charge in [0.2, 0.25) is 5.91 Å². The Morgan fingerprint density at radius 3 is 2.69 bits per heavy atom. The van der Waals surface area contributed by atoms with Crippen LogP contribution in [0.4, 0.5) is 0 Å². The standard InChI is InChI=1S/C20H23NO8/c1-12-13-9-16(28-8-7-26-2)18(24)15(11-22)19(13)29-20(25)14(12)10-17(23)21-3-5-27-6-4-21/h9,11,24H,3-8,10H2,1-2H3. The average Bonchev–Trinajstić information content (AvgIpc) is 2.73. The second-order valence-electron chi connectivity index (χ2n) is 6.64. The van der Waals surface area contributed by atoms with Crippen molar-refractivity contribution in [1.82, 2.24) is 4.90 Å². The molecule has 0 aliphatic carbocycles. The van der Waals surface area contributed by atoms with Crippen LogP contribution in [0.5, 0.6) is 11.5 Å². The highest BCUT2D eigenvalue weighted by Gasteiger charge is 2.24. The van der Waals surface area contributed by atoms with Crippen LogP contribution < -0.4 is 10.4 Å². The second-order valence-corrected chi connectivity index (χ2v) is 6.64. The number of aromatic hydroxyl groups is 1. The van der Waals surface area contributed by atoms with Crippen molar-refractivity contribution in [3.63, 3.8) is 0 Å². The SMILES string of the molecule is COCCOc1cc2c(C)c(CC(=O)N3CCOCC3)c(=O)oc2c(C=O)c1O. The third-order valence-electron chi connectivity index (χ3n) is 4.91. The quantitative estimate of drug-likeness (QED) is 0.413. The Hall–Kier alpha value is -2.91. The first-order valence-corrected chi connectivity index (χ1v) is 9.22. The third-order valence-corrected chi connectivity index (χ3v) is 4.91. The van der Waals surface area contributed by atoms with Crippen LogP contribution in [0.25, 0.3) is 11.0 Å². The van der Waals surface area contributed by atoms with E-state index in [4.69, 9.17) is 18.6 Å². The van der Waals surface area contributed by atoms with E-state index in [0.29, 0.717) is 43.5 Å². The molecule has 1 amide bonds. The molecule has 1 aromatic carbocycles. The summed E-state index contributed by atoms with van der Waals surface area (Å²) in [5.74, 6) is -0.545. The van der Waals surface area contributed by atoms with Crippen LogP contribution in [-0.4, -0.2) is 68.8 Å². The lowest BCUT2D eigenvalue weighted by Crippen LogP contribution is -2.42. The number of rotatable bonds is 7. The number of nitrogens with zero attached hydrogens (tertiary/aromatic N) is 1. The molecule has 3 rings (SSSR count). The van der Waals surface area contributed by atoms with Crippen LogP contribution in [0.1, 0.15) is 21.5 Å². The van der Waals surface area contributed by atoms with Crippen molar-refractivity contribution in [1.29, 1.82) is 0 Å². The fourth-order valence-electron chi connectivity index (χ4n) is 3.24. The van der Waals surface area contributed by atoms with E-state index in [9.17, 15) is 19.5 Å². The second kappa shape index (κ2) is 9.06. The monoisotopic (exact) mass is 405 g/mol. The van der Waals surface area contributed by atoms with Gasteiger partial charge in [-0.3, -0.25) is 9.59 Å². The normalized spacial score (nSPS) is 14.2. The van der Waals surface area contributed by atoms with E-state index in [-0.39, 0.29) is 48.0 Å². The molecular weight excluding hydrogens is 382 g/mol. The largest absolute Gasteiger partial charge is 0.504 e. The van der Waals surface area contributed by atoms with Crippen LogP contribution in [0, 0.1) is 6.92 Å². The molecule has 0 atom stereocenters. The highest BCUT2D eigenvalue weighted by molar-refractivity contribution is 6.00. The molecule has 1 aliphatic heterocycles. The van der Waals surface area contributed by atoms with Crippen molar-refractivity contribution < 1.29 is 33.3 Å². The third kappa shape index (κ3) is 4.25. The van der Waals surface area contributed by atoms with E-state index in [1.165, 1.54) is 13.2 Å². The smallest absolute Gasteiger partial charge is 0.340 e. The van der Waals surface area contributed by atoms with Crippen molar-refractivity contribution in [3.05, 3.63) is 33.2 Å². The fraction of sp³-hybridized carbons (Fsp3) is 0.450. The van der Waals surface area contributed by atoms with Crippen molar-refractivity contribution in [2.24, 2.45) is 0 Å². The number of phenols is 1. The summed E-state index contributed by atoms with van der Waals surface area (Å²) in [5, 5.41) is 10.7. The molecule has 1 aliphatic rings. The van der Waals surface area contributed by atoms with Gasteiger partial charge >= 0.3 is 5.63 Å². The number of morpholine rings is 1. The van der Waals surface area contributed by atoms with Crippen LogP contribution in [0.15, 0.2) is 15.3 Å². The van der Waals surface area contributed by atoms with Gasteiger partial charge in [0.25, 0.3) is 0 Å². The molecule has 0 unspecified atom stereocenters. The summed E-state index contributed by atoms with van der Waals surface area (Å²) in [6.07, 6.45) is 0.281. The number of aryl methyl sites for hydroxylation is 1. The Kier molecular flexibility index (Phi) is 6.50. The summed E-state index contributed by atoms with van der Waals surface area (Å²) in [4.78, 5) is 38.3. The van der Waals surface area contributed by atoms with Gasteiger partial charge in [-0.25, -0.2) is 4.79 Å². The predicted molar refractivity (Wildman–Crippen MR) is 103 cm³/mol. The van der Waals surface area contributed by atoms with Crippen molar-refractivity contribution in [3.8, 4) is 11.5 Å². The van der Waals surface area contributed by atoms with Crippen LogP contribution >= 0.6 is 0 Å². The number of fused-ring (bicyclic) bond motifs is 1. The van der Waals surface area contributed by atoms with E-state index in [0.717, 1.165) is 0 Å². The molecule has 1 aromatic heterocycles. The van der Waals surface area contributed by atoms with Crippen LogP contribution in [0.3, 0.4) is 0 Å². The summed E-state index contributed by atoms with van der Waals surface area (Å²) >= 11 is 0. The molecule has 1 saturated heterocycles. The molecule has 2 heterocycles. The number of methoxy groups -OCH3 is 1. The van der Waals surface area contributed by atoms with Crippen molar-refractivity contribution in [2.75, 3.05) is 46.6 Å². The zero-order chi connectivity index (χ0) is 21.0. The minimum absolute atomic E-state index is 0.0401. The number of aldehydes is 1. The highest BCUT2D eigenvalue weighted by atomic mass is 16.5. The first kappa shape index (κ1) is 20.8. The Morgan fingerprint density at radius 1 is 1.31 bits per heavy atom. The maximum Gasteiger partial charge on any atom is 0.340 e. The zero-order valence-electron chi connectivity index (χ0n) is 16.4. The zero-order valence-corrected chi connectivity index (χ0v) is 16.4. The van der Waals surface area contributed by atoms with Gasteiger partial charge in [0.05, 0.1) is 31.8 Å². The lowest BCUT2D eigenvalue weighted by atomic mass is 10.00.